The first-order valence-electron chi connectivity index (χ1n) is 8.83. The van der Waals surface area contributed by atoms with E-state index in [1.807, 2.05) is 41.3 Å². The molecule has 2 heterocycles. The predicted molar refractivity (Wildman–Crippen MR) is 98.4 cm³/mol. The molecular formula is C21H22N2O2. The number of H-pyrrole nitrogens is 1. The molecule has 4 rings (SSSR count). The molecule has 0 bridgehead atoms. The van der Waals surface area contributed by atoms with Crippen molar-refractivity contribution in [2.75, 3.05) is 6.54 Å². The molecule has 1 aliphatic rings. The third-order valence-electron chi connectivity index (χ3n) is 4.95. The maximum atomic E-state index is 12.5. The molecule has 2 aromatic carbocycles. The maximum Gasteiger partial charge on any atom is 0.410 e. The molecule has 3 aromatic rings. The first kappa shape index (κ1) is 15.8. The average Bonchev–Trinajstić information content (AvgIpc) is 3.28. The number of likely N-dealkylation sites (tertiary alicyclic amines) is 1. The fourth-order valence-electron chi connectivity index (χ4n) is 3.64. The molecule has 0 spiro atoms. The quantitative estimate of drug-likeness (QED) is 0.763. The van der Waals surface area contributed by atoms with E-state index in [-0.39, 0.29) is 12.1 Å². The van der Waals surface area contributed by atoms with Gasteiger partial charge in [0.15, 0.2) is 0 Å². The number of aromatic nitrogens is 1. The Bertz CT molecular complexity index is 856. The standard InChI is InChI=1S/C21H22N2O2/c24-21(25-15-16-7-2-1-3-8-16)23-12-6-9-18(23)13-17-14-22-20-11-5-4-10-19(17)20/h1-5,7-8,10-11,14,18,22H,6,9,12-13,15H2/t18-/m0/s1. The van der Waals surface area contributed by atoms with Crippen molar-refractivity contribution in [3.05, 3.63) is 71.9 Å². The number of amides is 1. The highest BCUT2D eigenvalue weighted by Gasteiger charge is 2.30. The van der Waals surface area contributed by atoms with Crippen LogP contribution < -0.4 is 0 Å². The van der Waals surface area contributed by atoms with Gasteiger partial charge in [0, 0.05) is 29.7 Å². The number of ether oxygens (including phenoxy) is 1. The molecule has 0 unspecified atom stereocenters. The summed E-state index contributed by atoms with van der Waals surface area (Å²) in [7, 11) is 0. The van der Waals surface area contributed by atoms with Crippen LogP contribution in [0.25, 0.3) is 10.9 Å². The highest BCUT2D eigenvalue weighted by atomic mass is 16.6. The van der Waals surface area contributed by atoms with Crippen LogP contribution in [-0.2, 0) is 17.8 Å². The van der Waals surface area contributed by atoms with Crippen molar-refractivity contribution >= 4 is 17.0 Å². The van der Waals surface area contributed by atoms with E-state index in [2.05, 4.69) is 29.4 Å². The lowest BCUT2D eigenvalue weighted by Crippen LogP contribution is -2.37. The second-order valence-electron chi connectivity index (χ2n) is 6.59. The number of hydrogen-bond donors (Lipinski definition) is 1. The van der Waals surface area contributed by atoms with Crippen LogP contribution in [0, 0.1) is 0 Å². The van der Waals surface area contributed by atoms with E-state index >= 15 is 0 Å². The van der Waals surface area contributed by atoms with Gasteiger partial charge in [-0.2, -0.15) is 0 Å². The molecule has 1 aromatic heterocycles. The van der Waals surface area contributed by atoms with Gasteiger partial charge in [-0.3, -0.25) is 0 Å². The van der Waals surface area contributed by atoms with Gasteiger partial charge in [0.1, 0.15) is 6.61 Å². The number of carbonyl (C=O) groups excluding carboxylic acids is 1. The minimum Gasteiger partial charge on any atom is -0.445 e. The number of aromatic amines is 1. The number of nitrogens with zero attached hydrogens (tertiary/aromatic N) is 1. The lowest BCUT2D eigenvalue weighted by atomic mass is 10.0. The Morgan fingerprint density at radius 1 is 1.12 bits per heavy atom. The zero-order chi connectivity index (χ0) is 17.1. The Kier molecular flexibility index (Phi) is 4.42. The summed E-state index contributed by atoms with van der Waals surface area (Å²) in [4.78, 5) is 17.7. The highest BCUT2D eigenvalue weighted by Crippen LogP contribution is 2.26. The van der Waals surface area contributed by atoms with Crippen molar-refractivity contribution < 1.29 is 9.53 Å². The molecule has 1 aliphatic heterocycles. The summed E-state index contributed by atoms with van der Waals surface area (Å²) in [6, 6.07) is 18.3. The Labute approximate surface area is 147 Å². The number of para-hydroxylation sites is 1. The van der Waals surface area contributed by atoms with E-state index in [1.54, 1.807) is 0 Å². The second-order valence-corrected chi connectivity index (χ2v) is 6.59. The molecule has 0 radical (unpaired) electrons. The normalized spacial score (nSPS) is 17.1. The van der Waals surface area contributed by atoms with Crippen molar-refractivity contribution in [3.8, 4) is 0 Å². The molecule has 4 nitrogen and oxygen atoms in total. The number of carbonyl (C=O) groups is 1. The third-order valence-corrected chi connectivity index (χ3v) is 4.95. The first-order chi connectivity index (χ1) is 12.3. The van der Waals surface area contributed by atoms with E-state index < -0.39 is 0 Å². The lowest BCUT2D eigenvalue weighted by Gasteiger charge is -2.24. The van der Waals surface area contributed by atoms with Crippen molar-refractivity contribution in [2.24, 2.45) is 0 Å². The number of fused-ring (bicyclic) bond motifs is 1. The average molecular weight is 334 g/mol. The Hall–Kier alpha value is -2.75. The van der Waals surface area contributed by atoms with Gasteiger partial charge in [0.2, 0.25) is 0 Å². The van der Waals surface area contributed by atoms with Crippen molar-refractivity contribution in [2.45, 2.75) is 31.9 Å². The summed E-state index contributed by atoms with van der Waals surface area (Å²) in [5, 5.41) is 1.24. The lowest BCUT2D eigenvalue weighted by molar-refractivity contribution is 0.0921. The molecule has 1 fully saturated rings. The predicted octanol–water partition coefficient (Wildman–Crippen LogP) is 4.51. The van der Waals surface area contributed by atoms with Gasteiger partial charge in [-0.25, -0.2) is 4.79 Å². The smallest absolute Gasteiger partial charge is 0.410 e. The van der Waals surface area contributed by atoms with E-state index in [0.29, 0.717) is 6.61 Å². The van der Waals surface area contributed by atoms with Gasteiger partial charge in [-0.05, 0) is 36.5 Å². The molecule has 1 N–H and O–H groups in total. The summed E-state index contributed by atoms with van der Waals surface area (Å²) in [6.45, 7) is 1.11. The third kappa shape index (κ3) is 3.38. The van der Waals surface area contributed by atoms with E-state index in [1.165, 1.54) is 10.9 Å². The molecule has 0 saturated carbocycles. The van der Waals surface area contributed by atoms with Gasteiger partial charge in [0.05, 0.1) is 0 Å². The molecule has 25 heavy (non-hydrogen) atoms. The number of rotatable bonds is 4. The Morgan fingerprint density at radius 2 is 1.92 bits per heavy atom. The number of hydrogen-bond acceptors (Lipinski definition) is 2. The van der Waals surface area contributed by atoms with Gasteiger partial charge < -0.3 is 14.6 Å². The minimum atomic E-state index is -0.203. The van der Waals surface area contributed by atoms with Gasteiger partial charge in [0.25, 0.3) is 0 Å². The molecule has 0 aliphatic carbocycles. The van der Waals surface area contributed by atoms with Crippen LogP contribution in [0.2, 0.25) is 0 Å². The zero-order valence-corrected chi connectivity index (χ0v) is 14.2. The summed E-state index contributed by atoms with van der Waals surface area (Å²) in [5.41, 5.74) is 3.43. The van der Waals surface area contributed by atoms with Crippen LogP contribution in [0.1, 0.15) is 24.0 Å². The second kappa shape index (κ2) is 7.01. The molecule has 1 saturated heterocycles. The summed E-state index contributed by atoms with van der Waals surface area (Å²) in [6.07, 6.45) is 4.79. The minimum absolute atomic E-state index is 0.203. The number of benzene rings is 2. The summed E-state index contributed by atoms with van der Waals surface area (Å²) < 4.78 is 5.53. The van der Waals surface area contributed by atoms with Gasteiger partial charge in [-0.15, -0.1) is 0 Å². The first-order valence-corrected chi connectivity index (χ1v) is 8.83. The highest BCUT2D eigenvalue weighted by molar-refractivity contribution is 5.83. The van der Waals surface area contributed by atoms with Crippen LogP contribution in [0.15, 0.2) is 60.8 Å². The Morgan fingerprint density at radius 3 is 2.80 bits per heavy atom. The fourth-order valence-corrected chi connectivity index (χ4v) is 3.64. The van der Waals surface area contributed by atoms with Crippen LogP contribution in [0.5, 0.6) is 0 Å². The Balaban J connectivity index is 1.42. The number of nitrogens with one attached hydrogen (secondary N) is 1. The largest absolute Gasteiger partial charge is 0.445 e. The van der Waals surface area contributed by atoms with E-state index in [0.717, 1.165) is 36.9 Å². The topological polar surface area (TPSA) is 45.3 Å². The monoisotopic (exact) mass is 334 g/mol. The van der Waals surface area contributed by atoms with Crippen LogP contribution in [0.3, 0.4) is 0 Å². The molecule has 4 heteroatoms. The van der Waals surface area contributed by atoms with E-state index in [9.17, 15) is 4.79 Å². The van der Waals surface area contributed by atoms with Crippen molar-refractivity contribution in [1.82, 2.24) is 9.88 Å². The zero-order valence-electron chi connectivity index (χ0n) is 14.2. The van der Waals surface area contributed by atoms with Gasteiger partial charge >= 0.3 is 6.09 Å². The van der Waals surface area contributed by atoms with Crippen LogP contribution in [0.4, 0.5) is 4.79 Å². The molecule has 1 amide bonds. The molecule has 1 atom stereocenters. The van der Waals surface area contributed by atoms with Crippen molar-refractivity contribution in [3.63, 3.8) is 0 Å². The molecule has 128 valence electrons. The fraction of sp³-hybridized carbons (Fsp3) is 0.286. The summed E-state index contributed by atoms with van der Waals surface area (Å²) >= 11 is 0. The van der Waals surface area contributed by atoms with Crippen LogP contribution >= 0.6 is 0 Å². The SMILES string of the molecule is O=C(OCc1ccccc1)N1CCC[C@H]1Cc1c[nH]c2ccccc12. The van der Waals surface area contributed by atoms with Gasteiger partial charge in [-0.1, -0.05) is 48.5 Å². The van der Waals surface area contributed by atoms with Crippen molar-refractivity contribution in [1.29, 1.82) is 0 Å². The van der Waals surface area contributed by atoms with Crippen LogP contribution in [-0.4, -0.2) is 28.6 Å². The molecular weight excluding hydrogens is 312 g/mol. The maximum absolute atomic E-state index is 12.5. The van der Waals surface area contributed by atoms with E-state index in [4.69, 9.17) is 4.74 Å². The summed E-state index contributed by atoms with van der Waals surface area (Å²) in [5.74, 6) is 0.